The lowest BCUT2D eigenvalue weighted by Crippen LogP contribution is -2.34. The van der Waals surface area contributed by atoms with Gasteiger partial charge in [-0.3, -0.25) is 4.68 Å². The third-order valence-electron chi connectivity index (χ3n) is 3.30. The Bertz CT molecular complexity index is 574. The van der Waals surface area contributed by atoms with Gasteiger partial charge >= 0.3 is 0 Å². The molecule has 0 fully saturated rings. The summed E-state index contributed by atoms with van der Waals surface area (Å²) in [5.74, 6) is 1.83. The van der Waals surface area contributed by atoms with Crippen molar-refractivity contribution in [3.8, 4) is 5.75 Å². The van der Waals surface area contributed by atoms with E-state index in [2.05, 4.69) is 30.3 Å². The molecule has 1 N–H and O–H groups in total. The van der Waals surface area contributed by atoms with Crippen LogP contribution in [0.1, 0.15) is 25.5 Å². The second kappa shape index (κ2) is 3.77. The minimum atomic E-state index is -0.277. The van der Waals surface area contributed by atoms with E-state index < -0.39 is 0 Å². The fourth-order valence-electron chi connectivity index (χ4n) is 2.42. The van der Waals surface area contributed by atoms with Gasteiger partial charge in [-0.2, -0.15) is 5.10 Å². The first-order chi connectivity index (χ1) is 8.56. The predicted octanol–water partition coefficient (Wildman–Crippen LogP) is 2.74. The summed E-state index contributed by atoms with van der Waals surface area (Å²) in [5.41, 5.74) is 0.912. The van der Waals surface area contributed by atoms with E-state index in [1.54, 1.807) is 4.68 Å². The number of nitrogens with one attached hydrogen (secondary N) is 1. The van der Waals surface area contributed by atoms with Crippen molar-refractivity contribution < 1.29 is 4.74 Å². The van der Waals surface area contributed by atoms with Crippen LogP contribution < -0.4 is 10.1 Å². The molecule has 18 heavy (non-hydrogen) atoms. The smallest absolute Gasteiger partial charge is 0.148 e. The standard InChI is InChI=1S/C14H17N3O/c1-14(2)13(15-12-8-9-17(3)16-12)10-6-4-5-7-11(10)18-14/h4-9,13H,1-3H3,(H,15,16). The molecule has 4 heteroatoms. The summed E-state index contributed by atoms with van der Waals surface area (Å²) in [6.07, 6.45) is 1.93. The normalized spacial score (nSPS) is 20.3. The van der Waals surface area contributed by atoms with Gasteiger partial charge in [0.1, 0.15) is 17.2 Å². The fraction of sp³-hybridized carbons (Fsp3) is 0.357. The molecular formula is C14H17N3O. The largest absolute Gasteiger partial charge is 0.485 e. The van der Waals surface area contributed by atoms with Crippen LogP contribution in [0.25, 0.3) is 0 Å². The molecule has 0 amide bonds. The van der Waals surface area contributed by atoms with Gasteiger partial charge in [0.25, 0.3) is 0 Å². The first kappa shape index (κ1) is 11.1. The summed E-state index contributed by atoms with van der Waals surface area (Å²) in [6.45, 7) is 4.18. The molecule has 3 rings (SSSR count). The van der Waals surface area contributed by atoms with Crippen molar-refractivity contribution in [3.63, 3.8) is 0 Å². The van der Waals surface area contributed by atoms with Gasteiger partial charge in [-0.15, -0.1) is 0 Å². The maximum absolute atomic E-state index is 5.99. The molecule has 94 valence electrons. The van der Waals surface area contributed by atoms with Crippen molar-refractivity contribution in [3.05, 3.63) is 42.1 Å². The van der Waals surface area contributed by atoms with E-state index in [-0.39, 0.29) is 11.6 Å². The van der Waals surface area contributed by atoms with Gasteiger partial charge in [0, 0.05) is 24.9 Å². The maximum atomic E-state index is 5.99. The van der Waals surface area contributed by atoms with Gasteiger partial charge in [-0.1, -0.05) is 18.2 Å². The molecule has 1 aliphatic heterocycles. The van der Waals surface area contributed by atoms with Crippen LogP contribution >= 0.6 is 0 Å². The number of ether oxygens (including phenoxy) is 1. The first-order valence-corrected chi connectivity index (χ1v) is 6.10. The number of benzene rings is 1. The molecule has 1 aromatic heterocycles. The van der Waals surface area contributed by atoms with Crippen molar-refractivity contribution in [1.82, 2.24) is 9.78 Å². The molecule has 1 aliphatic rings. The summed E-state index contributed by atoms with van der Waals surface area (Å²) in [4.78, 5) is 0. The van der Waals surface area contributed by atoms with Crippen LogP contribution in [0.3, 0.4) is 0 Å². The highest BCUT2D eigenvalue weighted by Gasteiger charge is 2.41. The minimum absolute atomic E-state index is 0.114. The lowest BCUT2D eigenvalue weighted by molar-refractivity contribution is 0.118. The molecule has 1 unspecified atom stereocenters. The molecule has 0 bridgehead atoms. The Hall–Kier alpha value is -1.97. The molecule has 4 nitrogen and oxygen atoms in total. The third kappa shape index (κ3) is 1.74. The van der Waals surface area contributed by atoms with Crippen LogP contribution in [-0.2, 0) is 7.05 Å². The Kier molecular flexibility index (Phi) is 2.33. The Balaban J connectivity index is 1.95. The lowest BCUT2D eigenvalue weighted by Gasteiger charge is -2.27. The second-order valence-electron chi connectivity index (χ2n) is 5.20. The predicted molar refractivity (Wildman–Crippen MR) is 70.7 cm³/mol. The van der Waals surface area contributed by atoms with Crippen molar-refractivity contribution in [2.45, 2.75) is 25.5 Å². The van der Waals surface area contributed by atoms with Crippen molar-refractivity contribution in [1.29, 1.82) is 0 Å². The van der Waals surface area contributed by atoms with E-state index in [4.69, 9.17) is 4.74 Å². The Morgan fingerprint density at radius 2 is 2.06 bits per heavy atom. The molecule has 0 saturated carbocycles. The van der Waals surface area contributed by atoms with Gasteiger partial charge in [-0.05, 0) is 19.9 Å². The highest BCUT2D eigenvalue weighted by atomic mass is 16.5. The van der Waals surface area contributed by atoms with Gasteiger partial charge < -0.3 is 10.1 Å². The molecule has 1 atom stereocenters. The second-order valence-corrected chi connectivity index (χ2v) is 5.20. The van der Waals surface area contributed by atoms with E-state index >= 15 is 0 Å². The molecule has 0 saturated heterocycles. The van der Waals surface area contributed by atoms with E-state index in [0.717, 1.165) is 11.6 Å². The zero-order valence-corrected chi connectivity index (χ0v) is 10.8. The van der Waals surface area contributed by atoms with Gasteiger partial charge in [0.2, 0.25) is 0 Å². The maximum Gasteiger partial charge on any atom is 0.148 e. The number of para-hydroxylation sites is 1. The number of nitrogens with zero attached hydrogens (tertiary/aromatic N) is 2. The van der Waals surface area contributed by atoms with Crippen molar-refractivity contribution >= 4 is 5.82 Å². The number of hydrogen-bond acceptors (Lipinski definition) is 3. The van der Waals surface area contributed by atoms with E-state index in [1.165, 1.54) is 5.56 Å². The average Bonchev–Trinajstić information content (AvgIpc) is 2.82. The highest BCUT2D eigenvalue weighted by Crippen LogP contribution is 2.44. The van der Waals surface area contributed by atoms with Gasteiger partial charge in [-0.25, -0.2) is 0 Å². The number of fused-ring (bicyclic) bond motifs is 1. The van der Waals surface area contributed by atoms with Crippen molar-refractivity contribution in [2.75, 3.05) is 5.32 Å². The van der Waals surface area contributed by atoms with E-state index in [0.29, 0.717) is 0 Å². The summed E-state index contributed by atoms with van der Waals surface area (Å²) in [6, 6.07) is 10.2. The fourth-order valence-corrected chi connectivity index (χ4v) is 2.42. The Labute approximate surface area is 107 Å². The SMILES string of the molecule is Cn1ccc(NC2c3ccccc3OC2(C)C)n1. The van der Waals surface area contributed by atoms with Crippen LogP contribution in [0.4, 0.5) is 5.82 Å². The summed E-state index contributed by atoms with van der Waals surface area (Å²) in [5, 5.41) is 7.81. The summed E-state index contributed by atoms with van der Waals surface area (Å²) >= 11 is 0. The van der Waals surface area contributed by atoms with Crippen LogP contribution in [0.5, 0.6) is 5.75 Å². The van der Waals surface area contributed by atoms with E-state index in [9.17, 15) is 0 Å². The number of anilines is 1. The molecule has 2 heterocycles. The lowest BCUT2D eigenvalue weighted by atomic mass is 9.94. The van der Waals surface area contributed by atoms with Crippen LogP contribution in [0, 0.1) is 0 Å². The zero-order chi connectivity index (χ0) is 12.8. The minimum Gasteiger partial charge on any atom is -0.485 e. The quantitative estimate of drug-likeness (QED) is 0.881. The van der Waals surface area contributed by atoms with Crippen LogP contribution in [0.2, 0.25) is 0 Å². The molecule has 0 radical (unpaired) electrons. The summed E-state index contributed by atoms with van der Waals surface area (Å²) < 4.78 is 7.78. The number of hydrogen-bond donors (Lipinski definition) is 1. The number of rotatable bonds is 2. The molecule has 0 spiro atoms. The average molecular weight is 243 g/mol. The summed E-state index contributed by atoms with van der Waals surface area (Å²) in [7, 11) is 1.91. The van der Waals surface area contributed by atoms with Crippen LogP contribution in [0.15, 0.2) is 36.5 Å². The van der Waals surface area contributed by atoms with Gasteiger partial charge in [0.15, 0.2) is 0 Å². The van der Waals surface area contributed by atoms with Crippen LogP contribution in [-0.4, -0.2) is 15.4 Å². The molecule has 0 aliphatic carbocycles. The Morgan fingerprint density at radius 3 is 2.78 bits per heavy atom. The highest BCUT2D eigenvalue weighted by molar-refractivity contribution is 5.48. The molecule has 1 aromatic carbocycles. The van der Waals surface area contributed by atoms with Gasteiger partial charge in [0.05, 0.1) is 6.04 Å². The van der Waals surface area contributed by atoms with Crippen molar-refractivity contribution in [2.24, 2.45) is 7.05 Å². The Morgan fingerprint density at radius 1 is 1.28 bits per heavy atom. The monoisotopic (exact) mass is 243 g/mol. The first-order valence-electron chi connectivity index (χ1n) is 6.10. The molecular weight excluding hydrogens is 226 g/mol. The number of aromatic nitrogens is 2. The topological polar surface area (TPSA) is 39.1 Å². The van der Waals surface area contributed by atoms with E-state index in [1.807, 2.05) is 37.5 Å². The zero-order valence-electron chi connectivity index (χ0n) is 10.8. The molecule has 2 aromatic rings. The third-order valence-corrected chi connectivity index (χ3v) is 3.30. The number of aryl methyl sites for hydroxylation is 1.